The Balaban J connectivity index is 1.27. The summed E-state index contributed by atoms with van der Waals surface area (Å²) in [5, 5.41) is 16.1. The highest BCUT2D eigenvalue weighted by Gasteiger charge is 2.33. The summed E-state index contributed by atoms with van der Waals surface area (Å²) in [6, 6.07) is 11.7. The number of fused-ring (bicyclic) bond motifs is 1. The summed E-state index contributed by atoms with van der Waals surface area (Å²) in [5.41, 5.74) is -0.355. The van der Waals surface area contributed by atoms with E-state index in [4.69, 9.17) is 14.2 Å². The predicted molar refractivity (Wildman–Crippen MR) is 105 cm³/mol. The fraction of sp³-hybridized carbons (Fsp3) is 0.238. The quantitative estimate of drug-likeness (QED) is 0.576. The zero-order chi connectivity index (χ0) is 22.7. The van der Waals surface area contributed by atoms with Crippen LogP contribution in [0.1, 0.15) is 16.1 Å². The summed E-state index contributed by atoms with van der Waals surface area (Å²) < 4.78 is 55.0. The number of aliphatic hydroxyl groups is 1. The monoisotopic (exact) mass is 449 g/mol. The number of alkyl halides is 3. The minimum absolute atomic E-state index is 0.0559. The van der Waals surface area contributed by atoms with Gasteiger partial charge in [-0.1, -0.05) is 0 Å². The first-order chi connectivity index (χ1) is 15.3. The molecule has 8 nitrogen and oxygen atoms in total. The SMILES string of the molecule is O=C(NCC(O)COc1ccc2c(c1)OCO2)c1ccc(-n2ccc(C(F)(F)F)n2)cc1. The number of amides is 1. The van der Waals surface area contributed by atoms with Crippen LogP contribution in [-0.2, 0) is 6.18 Å². The third-order valence-electron chi connectivity index (χ3n) is 4.56. The van der Waals surface area contributed by atoms with Gasteiger partial charge in [0, 0.05) is 24.4 Å². The van der Waals surface area contributed by atoms with Gasteiger partial charge in [-0.15, -0.1) is 0 Å². The Hall–Kier alpha value is -3.73. The van der Waals surface area contributed by atoms with Gasteiger partial charge in [0.2, 0.25) is 6.79 Å². The molecule has 1 amide bonds. The molecule has 4 rings (SSSR count). The Morgan fingerprint density at radius 3 is 2.62 bits per heavy atom. The number of ether oxygens (including phenoxy) is 3. The summed E-state index contributed by atoms with van der Waals surface area (Å²) in [4.78, 5) is 12.3. The molecule has 0 bridgehead atoms. The molecular formula is C21H18F3N3O5. The molecule has 1 aliphatic rings. The molecule has 168 valence electrons. The number of hydrogen-bond donors (Lipinski definition) is 2. The Bertz CT molecular complexity index is 1100. The van der Waals surface area contributed by atoms with Crippen LogP contribution in [0, 0.1) is 0 Å². The van der Waals surface area contributed by atoms with Crippen LogP contribution < -0.4 is 19.5 Å². The number of carbonyl (C=O) groups excluding carboxylic acids is 1. The molecule has 0 aliphatic carbocycles. The van der Waals surface area contributed by atoms with E-state index in [-0.39, 0.29) is 25.5 Å². The van der Waals surface area contributed by atoms with Crippen molar-refractivity contribution >= 4 is 5.91 Å². The number of nitrogens with zero attached hydrogens (tertiary/aromatic N) is 2. The summed E-state index contributed by atoms with van der Waals surface area (Å²) >= 11 is 0. The van der Waals surface area contributed by atoms with Gasteiger partial charge in [0.25, 0.3) is 5.91 Å². The Kier molecular flexibility index (Phi) is 5.91. The number of hydrogen-bond acceptors (Lipinski definition) is 6. The average Bonchev–Trinajstić information content (AvgIpc) is 3.45. The maximum Gasteiger partial charge on any atom is 0.435 e. The molecule has 0 spiro atoms. The molecule has 11 heteroatoms. The van der Waals surface area contributed by atoms with Crippen molar-refractivity contribution in [2.24, 2.45) is 0 Å². The van der Waals surface area contributed by atoms with Gasteiger partial charge in [-0.05, 0) is 42.5 Å². The van der Waals surface area contributed by atoms with Crippen LogP contribution in [-0.4, -0.2) is 46.8 Å². The van der Waals surface area contributed by atoms with E-state index in [9.17, 15) is 23.1 Å². The van der Waals surface area contributed by atoms with E-state index in [0.29, 0.717) is 22.9 Å². The van der Waals surface area contributed by atoms with Gasteiger partial charge < -0.3 is 24.6 Å². The molecule has 3 aromatic rings. The number of benzene rings is 2. The number of aromatic nitrogens is 2. The van der Waals surface area contributed by atoms with Crippen LogP contribution in [0.25, 0.3) is 5.69 Å². The molecule has 2 N–H and O–H groups in total. The van der Waals surface area contributed by atoms with Gasteiger partial charge >= 0.3 is 6.18 Å². The highest BCUT2D eigenvalue weighted by atomic mass is 19.4. The van der Waals surface area contributed by atoms with Crippen molar-refractivity contribution in [2.75, 3.05) is 19.9 Å². The summed E-state index contributed by atoms with van der Waals surface area (Å²) in [6.07, 6.45) is -4.30. The van der Waals surface area contributed by atoms with E-state index < -0.39 is 23.9 Å². The second-order valence-electron chi connectivity index (χ2n) is 6.88. The molecule has 1 aromatic heterocycles. The first-order valence-electron chi connectivity index (χ1n) is 9.51. The van der Waals surface area contributed by atoms with E-state index in [2.05, 4.69) is 10.4 Å². The molecule has 1 unspecified atom stereocenters. The lowest BCUT2D eigenvalue weighted by Gasteiger charge is -2.14. The minimum Gasteiger partial charge on any atom is -0.491 e. The average molecular weight is 449 g/mol. The molecule has 2 aromatic carbocycles. The van der Waals surface area contributed by atoms with Crippen LogP contribution in [0.15, 0.2) is 54.7 Å². The zero-order valence-corrected chi connectivity index (χ0v) is 16.5. The summed E-state index contributed by atoms with van der Waals surface area (Å²) in [5.74, 6) is 1.21. The van der Waals surface area contributed by atoms with Crippen LogP contribution in [0.2, 0.25) is 0 Å². The number of halogens is 3. The number of aliphatic hydroxyl groups excluding tert-OH is 1. The Labute approximate surface area is 180 Å². The van der Waals surface area contributed by atoms with Crippen molar-refractivity contribution in [1.82, 2.24) is 15.1 Å². The van der Waals surface area contributed by atoms with Crippen molar-refractivity contribution in [2.45, 2.75) is 12.3 Å². The first kappa shape index (κ1) is 21.5. The van der Waals surface area contributed by atoms with Crippen LogP contribution in [0.5, 0.6) is 17.2 Å². The highest BCUT2D eigenvalue weighted by Crippen LogP contribution is 2.35. The van der Waals surface area contributed by atoms with Gasteiger partial charge in [0.05, 0.1) is 5.69 Å². The van der Waals surface area contributed by atoms with E-state index in [1.54, 1.807) is 18.2 Å². The van der Waals surface area contributed by atoms with Crippen LogP contribution >= 0.6 is 0 Å². The third-order valence-corrected chi connectivity index (χ3v) is 4.56. The normalized spacial score (nSPS) is 13.6. The van der Waals surface area contributed by atoms with E-state index in [1.807, 2.05) is 0 Å². The molecular weight excluding hydrogens is 431 g/mol. The second kappa shape index (κ2) is 8.79. The van der Waals surface area contributed by atoms with Gasteiger partial charge in [-0.2, -0.15) is 18.3 Å². The molecule has 2 heterocycles. The Morgan fingerprint density at radius 2 is 1.91 bits per heavy atom. The minimum atomic E-state index is -4.53. The highest BCUT2D eigenvalue weighted by molar-refractivity contribution is 5.94. The van der Waals surface area contributed by atoms with E-state index in [1.165, 1.54) is 30.5 Å². The maximum atomic E-state index is 12.7. The lowest BCUT2D eigenvalue weighted by Crippen LogP contribution is -2.35. The van der Waals surface area contributed by atoms with Crippen molar-refractivity contribution < 1.29 is 37.3 Å². The van der Waals surface area contributed by atoms with Gasteiger partial charge in [-0.3, -0.25) is 4.79 Å². The summed E-state index contributed by atoms with van der Waals surface area (Å²) in [7, 11) is 0. The molecule has 0 saturated heterocycles. The van der Waals surface area contributed by atoms with Gasteiger partial charge in [-0.25, -0.2) is 4.68 Å². The molecule has 1 aliphatic heterocycles. The lowest BCUT2D eigenvalue weighted by atomic mass is 10.2. The molecule has 32 heavy (non-hydrogen) atoms. The van der Waals surface area contributed by atoms with Crippen LogP contribution in [0.3, 0.4) is 0 Å². The molecule has 0 radical (unpaired) electrons. The predicted octanol–water partition coefficient (Wildman–Crippen LogP) is 2.79. The van der Waals surface area contributed by atoms with Crippen molar-refractivity contribution in [3.63, 3.8) is 0 Å². The first-order valence-corrected chi connectivity index (χ1v) is 9.51. The van der Waals surface area contributed by atoms with Crippen LogP contribution in [0.4, 0.5) is 13.2 Å². The lowest BCUT2D eigenvalue weighted by molar-refractivity contribution is -0.141. The molecule has 0 saturated carbocycles. The van der Waals surface area contributed by atoms with Gasteiger partial charge in [0.15, 0.2) is 17.2 Å². The number of nitrogens with one attached hydrogen (secondary N) is 1. The summed E-state index contributed by atoms with van der Waals surface area (Å²) in [6.45, 7) is 0.0316. The van der Waals surface area contributed by atoms with Crippen molar-refractivity contribution in [3.8, 4) is 22.9 Å². The largest absolute Gasteiger partial charge is 0.491 e. The van der Waals surface area contributed by atoms with Crippen molar-refractivity contribution in [3.05, 3.63) is 66.0 Å². The molecule has 0 fully saturated rings. The third kappa shape index (κ3) is 4.94. The fourth-order valence-corrected chi connectivity index (χ4v) is 2.92. The maximum absolute atomic E-state index is 12.7. The second-order valence-corrected chi connectivity index (χ2v) is 6.88. The van der Waals surface area contributed by atoms with Gasteiger partial charge in [0.1, 0.15) is 18.5 Å². The zero-order valence-electron chi connectivity index (χ0n) is 16.5. The Morgan fingerprint density at radius 1 is 1.16 bits per heavy atom. The topological polar surface area (TPSA) is 94.8 Å². The van der Waals surface area contributed by atoms with E-state index >= 15 is 0 Å². The fourth-order valence-electron chi connectivity index (χ4n) is 2.92. The van der Waals surface area contributed by atoms with Crippen molar-refractivity contribution in [1.29, 1.82) is 0 Å². The number of carbonyl (C=O) groups is 1. The smallest absolute Gasteiger partial charge is 0.435 e. The standard InChI is InChI=1S/C21H18F3N3O5/c22-21(23,24)19-7-8-27(26-19)14-3-1-13(2-4-14)20(29)25-10-15(28)11-30-16-5-6-17-18(9-16)32-12-31-17/h1-9,15,28H,10-12H2,(H,25,29). The molecule has 1 atom stereocenters. The van der Waals surface area contributed by atoms with E-state index in [0.717, 1.165) is 10.7 Å². The number of rotatable bonds is 7.